The lowest BCUT2D eigenvalue weighted by molar-refractivity contribution is 0.223. The van der Waals surface area contributed by atoms with Crippen molar-refractivity contribution in [2.45, 2.75) is 19.5 Å². The van der Waals surface area contributed by atoms with Gasteiger partial charge in [0.1, 0.15) is 11.8 Å². The highest BCUT2D eigenvalue weighted by Crippen LogP contribution is 2.23. The molecule has 1 atom stereocenters. The first-order chi connectivity index (χ1) is 8.74. The summed E-state index contributed by atoms with van der Waals surface area (Å²) in [6.07, 6.45) is 0. The first-order valence-electron chi connectivity index (χ1n) is 6.13. The summed E-state index contributed by atoms with van der Waals surface area (Å²) in [5.74, 6) is 3.08. The molecule has 18 heavy (non-hydrogen) atoms. The first kappa shape index (κ1) is 13.3. The lowest BCUT2D eigenvalue weighted by atomic mass is 10.1. The molecule has 3 nitrogen and oxygen atoms in total. The molecule has 0 bridgehead atoms. The van der Waals surface area contributed by atoms with E-state index in [0.717, 1.165) is 13.1 Å². The molecular weight excluding hydrogens is 244 g/mol. The fourth-order valence-electron chi connectivity index (χ4n) is 2.16. The van der Waals surface area contributed by atoms with Gasteiger partial charge in [-0.2, -0.15) is 17.0 Å². The summed E-state index contributed by atoms with van der Waals surface area (Å²) in [6, 6.07) is 8.61. The molecule has 4 heteroatoms. The van der Waals surface area contributed by atoms with Crippen LogP contribution in [0.1, 0.15) is 18.1 Å². The van der Waals surface area contributed by atoms with E-state index >= 15 is 0 Å². The summed E-state index contributed by atoms with van der Waals surface area (Å²) in [7, 11) is 1.61. The second kappa shape index (κ2) is 6.12. The standard InChI is InChI=1S/C14H18N2OS/c1-11-10-18-6-5-16(11)9-12-3-4-13(8-15)14(7-12)17-2/h3-4,7,11H,5-6,9-10H2,1-2H3. The number of methoxy groups -OCH3 is 1. The molecule has 2 rings (SSSR count). The van der Waals surface area contributed by atoms with Gasteiger partial charge in [0, 0.05) is 30.6 Å². The van der Waals surface area contributed by atoms with Crippen molar-refractivity contribution in [2.75, 3.05) is 25.2 Å². The molecule has 0 aliphatic carbocycles. The van der Waals surface area contributed by atoms with Crippen LogP contribution in [0.15, 0.2) is 18.2 Å². The Morgan fingerprint density at radius 2 is 2.39 bits per heavy atom. The van der Waals surface area contributed by atoms with Gasteiger partial charge < -0.3 is 4.74 Å². The van der Waals surface area contributed by atoms with E-state index in [4.69, 9.17) is 10.00 Å². The largest absolute Gasteiger partial charge is 0.495 e. The Balaban J connectivity index is 2.12. The van der Waals surface area contributed by atoms with Gasteiger partial charge in [-0.15, -0.1) is 0 Å². The second-order valence-corrected chi connectivity index (χ2v) is 5.69. The Morgan fingerprint density at radius 1 is 1.56 bits per heavy atom. The molecule has 1 aliphatic heterocycles. The summed E-state index contributed by atoms with van der Waals surface area (Å²) in [4.78, 5) is 2.48. The number of thioether (sulfide) groups is 1. The third kappa shape index (κ3) is 2.98. The number of hydrogen-bond donors (Lipinski definition) is 0. The zero-order valence-corrected chi connectivity index (χ0v) is 11.7. The number of nitriles is 1. The lowest BCUT2D eigenvalue weighted by Gasteiger charge is -2.33. The molecule has 0 radical (unpaired) electrons. The van der Waals surface area contributed by atoms with Crippen molar-refractivity contribution < 1.29 is 4.74 Å². The van der Waals surface area contributed by atoms with E-state index in [-0.39, 0.29) is 0 Å². The van der Waals surface area contributed by atoms with Crippen molar-refractivity contribution in [3.05, 3.63) is 29.3 Å². The van der Waals surface area contributed by atoms with E-state index < -0.39 is 0 Å². The summed E-state index contributed by atoms with van der Waals surface area (Å²) in [6.45, 7) is 4.34. The van der Waals surface area contributed by atoms with E-state index in [2.05, 4.69) is 17.9 Å². The minimum absolute atomic E-state index is 0.600. The molecule has 1 aliphatic rings. The van der Waals surface area contributed by atoms with Gasteiger partial charge in [0.25, 0.3) is 0 Å². The van der Waals surface area contributed by atoms with Crippen LogP contribution in [0.2, 0.25) is 0 Å². The molecule has 1 aromatic rings. The van der Waals surface area contributed by atoms with Gasteiger partial charge in [-0.05, 0) is 24.6 Å². The third-order valence-corrected chi connectivity index (χ3v) is 4.47. The highest BCUT2D eigenvalue weighted by molar-refractivity contribution is 7.99. The van der Waals surface area contributed by atoms with E-state index in [1.54, 1.807) is 7.11 Å². The molecule has 0 saturated carbocycles. The van der Waals surface area contributed by atoms with Crippen LogP contribution >= 0.6 is 11.8 Å². The number of rotatable bonds is 3. The van der Waals surface area contributed by atoms with Crippen LogP contribution in [0.4, 0.5) is 0 Å². The zero-order chi connectivity index (χ0) is 13.0. The molecule has 1 saturated heterocycles. The molecule has 0 N–H and O–H groups in total. The predicted molar refractivity (Wildman–Crippen MR) is 74.9 cm³/mol. The van der Waals surface area contributed by atoms with Gasteiger partial charge >= 0.3 is 0 Å². The summed E-state index contributed by atoms with van der Waals surface area (Å²) in [5.41, 5.74) is 1.81. The van der Waals surface area contributed by atoms with Crippen molar-refractivity contribution in [3.63, 3.8) is 0 Å². The molecule has 0 amide bonds. The highest BCUT2D eigenvalue weighted by Gasteiger charge is 2.18. The summed E-state index contributed by atoms with van der Waals surface area (Å²) < 4.78 is 5.25. The number of benzene rings is 1. The minimum atomic E-state index is 0.600. The first-order valence-corrected chi connectivity index (χ1v) is 7.29. The summed E-state index contributed by atoms with van der Waals surface area (Å²) >= 11 is 2.02. The average Bonchev–Trinajstić information content (AvgIpc) is 2.41. The molecule has 1 heterocycles. The fraction of sp³-hybridized carbons (Fsp3) is 0.500. The van der Waals surface area contributed by atoms with Gasteiger partial charge in [-0.1, -0.05) is 6.07 Å². The summed E-state index contributed by atoms with van der Waals surface area (Å²) in [5, 5.41) is 8.96. The van der Waals surface area contributed by atoms with Crippen LogP contribution in [0.25, 0.3) is 0 Å². The van der Waals surface area contributed by atoms with Gasteiger partial charge in [0.15, 0.2) is 0 Å². The Labute approximate surface area is 113 Å². The van der Waals surface area contributed by atoms with E-state index in [9.17, 15) is 0 Å². The van der Waals surface area contributed by atoms with Gasteiger partial charge in [-0.25, -0.2) is 0 Å². The van der Waals surface area contributed by atoms with Gasteiger partial charge in [0.05, 0.1) is 12.7 Å². The highest BCUT2D eigenvalue weighted by atomic mass is 32.2. The lowest BCUT2D eigenvalue weighted by Crippen LogP contribution is -2.39. The number of nitrogens with zero attached hydrogens (tertiary/aromatic N) is 2. The van der Waals surface area contributed by atoms with Crippen LogP contribution in [-0.2, 0) is 6.54 Å². The smallest absolute Gasteiger partial charge is 0.136 e. The van der Waals surface area contributed by atoms with E-state index in [0.29, 0.717) is 17.4 Å². The molecule has 1 unspecified atom stereocenters. The SMILES string of the molecule is COc1cc(CN2CCSCC2C)ccc1C#N. The Morgan fingerprint density at radius 3 is 3.06 bits per heavy atom. The molecular formula is C14H18N2OS. The maximum Gasteiger partial charge on any atom is 0.136 e. The monoisotopic (exact) mass is 262 g/mol. The maximum atomic E-state index is 8.96. The molecule has 0 spiro atoms. The Kier molecular flexibility index (Phi) is 4.51. The maximum absolute atomic E-state index is 8.96. The average molecular weight is 262 g/mol. The van der Waals surface area contributed by atoms with Crippen molar-refractivity contribution in [1.29, 1.82) is 5.26 Å². The second-order valence-electron chi connectivity index (χ2n) is 4.54. The molecule has 0 aromatic heterocycles. The van der Waals surface area contributed by atoms with Crippen LogP contribution < -0.4 is 4.74 Å². The quantitative estimate of drug-likeness (QED) is 0.838. The third-order valence-electron chi connectivity index (χ3n) is 3.28. The zero-order valence-electron chi connectivity index (χ0n) is 10.8. The van der Waals surface area contributed by atoms with Gasteiger partial charge in [-0.3, -0.25) is 4.90 Å². The number of hydrogen-bond acceptors (Lipinski definition) is 4. The van der Waals surface area contributed by atoms with E-state index in [1.165, 1.54) is 17.1 Å². The molecule has 96 valence electrons. The normalized spacial score (nSPS) is 20.4. The molecule has 1 fully saturated rings. The van der Waals surface area contributed by atoms with Crippen LogP contribution in [0.5, 0.6) is 5.75 Å². The van der Waals surface area contributed by atoms with Crippen LogP contribution in [-0.4, -0.2) is 36.1 Å². The molecule has 1 aromatic carbocycles. The number of ether oxygens (including phenoxy) is 1. The van der Waals surface area contributed by atoms with E-state index in [1.807, 2.05) is 30.0 Å². The van der Waals surface area contributed by atoms with Gasteiger partial charge in [0.2, 0.25) is 0 Å². The van der Waals surface area contributed by atoms with Crippen molar-refractivity contribution in [3.8, 4) is 11.8 Å². The predicted octanol–water partition coefficient (Wildman–Crippen LogP) is 2.50. The Bertz CT molecular complexity index is 456. The minimum Gasteiger partial charge on any atom is -0.495 e. The van der Waals surface area contributed by atoms with Crippen LogP contribution in [0.3, 0.4) is 0 Å². The van der Waals surface area contributed by atoms with Crippen molar-refractivity contribution in [1.82, 2.24) is 4.90 Å². The van der Waals surface area contributed by atoms with Crippen molar-refractivity contribution in [2.24, 2.45) is 0 Å². The fourth-order valence-corrected chi connectivity index (χ4v) is 3.24. The van der Waals surface area contributed by atoms with Crippen LogP contribution in [0, 0.1) is 11.3 Å². The topological polar surface area (TPSA) is 36.3 Å². The Hall–Kier alpha value is -1.18. The van der Waals surface area contributed by atoms with Crippen molar-refractivity contribution >= 4 is 11.8 Å².